The molecule has 1 fully saturated rings. The van der Waals surface area contributed by atoms with Gasteiger partial charge in [-0.3, -0.25) is 4.98 Å². The molecule has 0 saturated heterocycles. The highest BCUT2D eigenvalue weighted by Crippen LogP contribution is 2.27. The molecule has 0 spiro atoms. The fourth-order valence-corrected chi connectivity index (χ4v) is 3.58. The van der Waals surface area contributed by atoms with Gasteiger partial charge in [-0.1, -0.05) is 5.16 Å². The molecule has 1 aliphatic heterocycles. The van der Waals surface area contributed by atoms with Gasteiger partial charge in [-0.25, -0.2) is 4.79 Å². The van der Waals surface area contributed by atoms with E-state index in [2.05, 4.69) is 25.7 Å². The summed E-state index contributed by atoms with van der Waals surface area (Å²) in [5.41, 5.74) is 5.26. The number of aryl methyl sites for hydroxylation is 2. The van der Waals surface area contributed by atoms with Gasteiger partial charge in [0.05, 0.1) is 17.8 Å². The van der Waals surface area contributed by atoms with Gasteiger partial charge in [0.25, 0.3) is 0 Å². The number of carbonyl (C=O) groups excluding carboxylic acids is 1. The van der Waals surface area contributed by atoms with Crippen LogP contribution in [-0.2, 0) is 19.6 Å². The largest absolute Gasteiger partial charge is 0.471 e. The van der Waals surface area contributed by atoms with E-state index in [-0.39, 0.29) is 12.6 Å². The summed E-state index contributed by atoms with van der Waals surface area (Å²) in [6, 6.07) is 6.14. The molecule has 160 valence electrons. The standard InChI is InChI=1S/C22H24N6O3/c1-13-3-4-16(10-23-13)21-18(14(2)31-27-21)12-30-20-9-15-7-8-28(11-19(15)25-26-20)22(29)24-17-5-6-17/h3-4,9-10,17H,5-8,11-12H2,1-2H3,(H,24,29). The predicted octanol–water partition coefficient (Wildman–Crippen LogP) is 2.95. The molecule has 0 radical (unpaired) electrons. The third-order valence-corrected chi connectivity index (χ3v) is 5.66. The van der Waals surface area contributed by atoms with E-state index < -0.39 is 0 Å². The molecule has 1 aliphatic carbocycles. The number of amides is 2. The summed E-state index contributed by atoms with van der Waals surface area (Å²) in [5, 5.41) is 15.7. The Hall–Kier alpha value is -3.49. The van der Waals surface area contributed by atoms with Crippen LogP contribution >= 0.6 is 0 Å². The van der Waals surface area contributed by atoms with Gasteiger partial charge in [-0.15, -0.1) is 10.2 Å². The second kappa shape index (κ2) is 7.98. The molecule has 1 N–H and O–H groups in total. The van der Waals surface area contributed by atoms with Crippen molar-refractivity contribution in [3.63, 3.8) is 0 Å². The molecular formula is C22H24N6O3. The lowest BCUT2D eigenvalue weighted by Gasteiger charge is -2.28. The van der Waals surface area contributed by atoms with Crippen molar-refractivity contribution in [2.45, 2.75) is 52.3 Å². The van der Waals surface area contributed by atoms with E-state index in [0.29, 0.717) is 36.5 Å². The maximum Gasteiger partial charge on any atom is 0.317 e. The summed E-state index contributed by atoms with van der Waals surface area (Å²) in [6.45, 7) is 5.19. The van der Waals surface area contributed by atoms with Crippen molar-refractivity contribution < 1.29 is 14.1 Å². The summed E-state index contributed by atoms with van der Waals surface area (Å²) in [4.78, 5) is 18.4. The molecule has 0 atom stereocenters. The van der Waals surface area contributed by atoms with Crippen LogP contribution in [-0.4, -0.2) is 43.9 Å². The molecule has 0 aromatic carbocycles. The molecule has 2 aliphatic rings. The van der Waals surface area contributed by atoms with Crippen LogP contribution in [0.4, 0.5) is 4.79 Å². The van der Waals surface area contributed by atoms with Crippen LogP contribution < -0.4 is 10.1 Å². The lowest BCUT2D eigenvalue weighted by Crippen LogP contribution is -2.43. The Kier molecular flexibility index (Phi) is 5.01. The molecular weight excluding hydrogens is 396 g/mol. The highest BCUT2D eigenvalue weighted by Gasteiger charge is 2.28. The highest BCUT2D eigenvalue weighted by atomic mass is 16.5. The Balaban J connectivity index is 1.27. The van der Waals surface area contributed by atoms with E-state index in [4.69, 9.17) is 9.26 Å². The van der Waals surface area contributed by atoms with E-state index in [0.717, 1.165) is 47.3 Å². The molecule has 3 aromatic rings. The van der Waals surface area contributed by atoms with Gasteiger partial charge in [0.15, 0.2) is 0 Å². The van der Waals surface area contributed by atoms with Gasteiger partial charge in [-0.2, -0.15) is 0 Å². The number of urea groups is 1. The van der Waals surface area contributed by atoms with Gasteiger partial charge in [0.2, 0.25) is 5.88 Å². The van der Waals surface area contributed by atoms with Gasteiger partial charge >= 0.3 is 6.03 Å². The van der Waals surface area contributed by atoms with Crippen LogP contribution in [0.2, 0.25) is 0 Å². The molecule has 9 heteroatoms. The number of nitrogens with one attached hydrogen (secondary N) is 1. The highest BCUT2D eigenvalue weighted by molar-refractivity contribution is 5.75. The van der Waals surface area contributed by atoms with E-state index in [9.17, 15) is 4.79 Å². The van der Waals surface area contributed by atoms with Crippen molar-refractivity contribution >= 4 is 6.03 Å². The molecule has 31 heavy (non-hydrogen) atoms. The molecule has 1 saturated carbocycles. The van der Waals surface area contributed by atoms with Crippen molar-refractivity contribution in [2.24, 2.45) is 0 Å². The average Bonchev–Trinajstić information content (AvgIpc) is 3.52. The minimum absolute atomic E-state index is 0.0173. The van der Waals surface area contributed by atoms with E-state index >= 15 is 0 Å². The van der Waals surface area contributed by atoms with Gasteiger partial charge in [0, 0.05) is 36.1 Å². The Morgan fingerprint density at radius 3 is 2.94 bits per heavy atom. The smallest absolute Gasteiger partial charge is 0.317 e. The molecule has 9 nitrogen and oxygen atoms in total. The van der Waals surface area contributed by atoms with Crippen LogP contribution in [0.15, 0.2) is 28.9 Å². The number of nitrogens with zero attached hydrogens (tertiary/aromatic N) is 5. The molecule has 0 bridgehead atoms. The maximum absolute atomic E-state index is 12.3. The fourth-order valence-electron chi connectivity index (χ4n) is 3.58. The predicted molar refractivity (Wildman–Crippen MR) is 111 cm³/mol. The third kappa shape index (κ3) is 4.21. The summed E-state index contributed by atoms with van der Waals surface area (Å²) >= 11 is 0. The van der Waals surface area contributed by atoms with E-state index in [1.165, 1.54) is 0 Å². The summed E-state index contributed by atoms with van der Waals surface area (Å²) in [5.74, 6) is 1.14. The monoisotopic (exact) mass is 420 g/mol. The second-order valence-electron chi connectivity index (χ2n) is 8.09. The van der Waals surface area contributed by atoms with Crippen LogP contribution in [0.25, 0.3) is 11.3 Å². The quantitative estimate of drug-likeness (QED) is 0.676. The topological polar surface area (TPSA) is 106 Å². The number of rotatable bonds is 5. The molecule has 4 heterocycles. The number of fused-ring (bicyclic) bond motifs is 1. The lowest BCUT2D eigenvalue weighted by molar-refractivity contribution is 0.190. The summed E-state index contributed by atoms with van der Waals surface area (Å²) in [6.07, 6.45) is 4.65. The Labute approximate surface area is 179 Å². The third-order valence-electron chi connectivity index (χ3n) is 5.66. The second-order valence-corrected chi connectivity index (χ2v) is 8.09. The van der Waals surface area contributed by atoms with Crippen LogP contribution in [0.5, 0.6) is 5.88 Å². The van der Waals surface area contributed by atoms with E-state index in [1.54, 1.807) is 11.1 Å². The number of aromatic nitrogens is 4. The number of hydrogen-bond donors (Lipinski definition) is 1. The van der Waals surface area contributed by atoms with Gasteiger partial charge < -0.3 is 19.5 Å². The maximum atomic E-state index is 12.3. The number of pyridine rings is 1. The molecule has 3 aromatic heterocycles. The summed E-state index contributed by atoms with van der Waals surface area (Å²) < 4.78 is 11.3. The van der Waals surface area contributed by atoms with Gasteiger partial charge in [-0.05, 0) is 50.8 Å². The Bertz CT molecular complexity index is 1110. The normalized spacial score (nSPS) is 15.5. The summed E-state index contributed by atoms with van der Waals surface area (Å²) in [7, 11) is 0. The Morgan fingerprint density at radius 1 is 1.29 bits per heavy atom. The number of carbonyl (C=O) groups is 1. The zero-order chi connectivity index (χ0) is 21.4. The van der Waals surface area contributed by atoms with Crippen molar-refractivity contribution in [1.29, 1.82) is 0 Å². The van der Waals surface area contributed by atoms with Crippen LogP contribution in [0.3, 0.4) is 0 Å². The fraction of sp³-hybridized carbons (Fsp3) is 0.409. The van der Waals surface area contributed by atoms with Crippen molar-refractivity contribution in [1.82, 2.24) is 30.6 Å². The minimum Gasteiger partial charge on any atom is -0.471 e. The SMILES string of the molecule is Cc1ccc(-c2noc(C)c2COc2cc3c(nn2)CN(C(=O)NC2CC2)CC3)cn1. The first-order valence-corrected chi connectivity index (χ1v) is 10.5. The first kappa shape index (κ1) is 19.5. The first-order valence-electron chi connectivity index (χ1n) is 10.5. The van der Waals surface area contributed by atoms with Crippen LogP contribution in [0.1, 0.15) is 41.1 Å². The van der Waals surface area contributed by atoms with Crippen molar-refractivity contribution in [3.8, 4) is 17.1 Å². The Morgan fingerprint density at radius 2 is 2.16 bits per heavy atom. The minimum atomic E-state index is -0.0173. The van der Waals surface area contributed by atoms with Crippen LogP contribution in [0, 0.1) is 13.8 Å². The van der Waals surface area contributed by atoms with E-state index in [1.807, 2.05) is 32.0 Å². The molecule has 5 rings (SSSR count). The molecule has 2 amide bonds. The van der Waals surface area contributed by atoms with Crippen molar-refractivity contribution in [3.05, 3.63) is 52.7 Å². The molecule has 0 unspecified atom stereocenters. The van der Waals surface area contributed by atoms with Gasteiger partial charge in [0.1, 0.15) is 18.1 Å². The first-order chi connectivity index (χ1) is 15.1. The average molecular weight is 420 g/mol. The lowest BCUT2D eigenvalue weighted by atomic mass is 10.1. The van der Waals surface area contributed by atoms with Crippen molar-refractivity contribution in [2.75, 3.05) is 6.54 Å². The number of ether oxygens (including phenoxy) is 1. The number of hydrogen-bond acceptors (Lipinski definition) is 7. The zero-order valence-electron chi connectivity index (χ0n) is 17.6. The zero-order valence-corrected chi connectivity index (χ0v) is 17.6.